The minimum Gasteiger partial charge on any atom is -0.394 e. The Bertz CT molecular complexity index is 2430. The number of unbranched alkanes of at least 4 members (excludes halogenated alkanes) is 22. The topological polar surface area (TPSA) is 307 Å². The Hall–Kier alpha value is -4.33. The lowest BCUT2D eigenvalue weighted by atomic mass is 9.96. The molecule has 588 valence electrons. The highest BCUT2D eigenvalue weighted by atomic mass is 16.8. The third-order valence-corrected chi connectivity index (χ3v) is 18.6. The highest BCUT2D eigenvalue weighted by molar-refractivity contribution is 5.76. The van der Waals surface area contributed by atoms with E-state index in [4.69, 9.17) is 28.4 Å². The average molecular weight is 1450 g/mol. The van der Waals surface area contributed by atoms with Crippen LogP contribution < -0.4 is 5.32 Å². The predicted octanol–water partition coefficient (Wildman–Crippen LogP) is 13.1. The van der Waals surface area contributed by atoms with Crippen molar-refractivity contribution in [3.63, 3.8) is 0 Å². The van der Waals surface area contributed by atoms with Gasteiger partial charge in [0.1, 0.15) is 73.2 Å². The van der Waals surface area contributed by atoms with Gasteiger partial charge in [-0.05, 0) is 116 Å². The van der Waals surface area contributed by atoms with Gasteiger partial charge in [0, 0.05) is 6.42 Å². The summed E-state index contributed by atoms with van der Waals surface area (Å²) in [5, 5.41) is 121. The lowest BCUT2D eigenvalue weighted by Gasteiger charge is -2.48. The number of aliphatic hydroxyl groups excluding tert-OH is 11. The molecule has 19 nitrogen and oxygen atoms in total. The molecule has 12 N–H and O–H groups in total. The monoisotopic (exact) mass is 1450 g/mol. The fraction of sp³-hybridized carbons (Fsp3) is 0.702. The number of ether oxygens (including phenoxy) is 6. The second kappa shape index (κ2) is 62.7. The summed E-state index contributed by atoms with van der Waals surface area (Å²) in [7, 11) is 0. The van der Waals surface area contributed by atoms with Crippen LogP contribution in [0, 0.1) is 0 Å². The van der Waals surface area contributed by atoms with Crippen LogP contribution in [-0.4, -0.2) is 193 Å². The van der Waals surface area contributed by atoms with E-state index in [-0.39, 0.29) is 18.9 Å². The molecule has 1 amide bonds. The second-order valence-electron chi connectivity index (χ2n) is 27.4. The third-order valence-electron chi connectivity index (χ3n) is 18.6. The standard InChI is InChI=1S/C84H139NO18/c1-3-5-7-9-11-13-15-17-19-21-23-24-25-26-27-28-29-30-31-32-33-34-35-36-37-38-39-40-41-42-44-46-48-50-52-54-56-58-60-62-72(90)85-67(68(89)61-59-57-55-53-51-49-47-45-43-22-20-18-16-14-12-10-8-6-4-2)66-98-82-78(96)75(93)80(70(64-87)100-82)103-84-79(97)76(94)81(71(65-88)101-84)102-83-77(95)74(92)73(91)69(63-86)99-83/h5,7,11,13,17,19,23-24,26-27,29-30,32-33,35-36,38-39,43,45,51,53,59,61,67-71,73-84,86-89,91-97H,3-4,6,8-10,12,14-16,18,20-22,25,28,31,34,37,40-42,44,46-50,52,54-58,60,62-66H2,1-2H3,(H,85,90)/b7-5-,13-11-,19-17-,24-23-,27-26-,30-29-,33-32-,36-35-,39-38-,45-43+,53-51+,61-59+. The number of nitrogens with one attached hydrogen (secondary N) is 1. The van der Waals surface area contributed by atoms with Gasteiger partial charge in [0.15, 0.2) is 18.9 Å². The van der Waals surface area contributed by atoms with E-state index in [0.717, 1.165) is 116 Å². The molecule has 0 radical (unpaired) electrons. The van der Waals surface area contributed by atoms with Crippen LogP contribution in [0.2, 0.25) is 0 Å². The van der Waals surface area contributed by atoms with Crippen molar-refractivity contribution < 1.29 is 89.4 Å². The summed E-state index contributed by atoms with van der Waals surface area (Å²) < 4.78 is 34.4. The number of carbonyl (C=O) groups excluding carboxylic acids is 1. The van der Waals surface area contributed by atoms with E-state index in [9.17, 15) is 61.0 Å². The van der Waals surface area contributed by atoms with Crippen LogP contribution in [0.3, 0.4) is 0 Å². The first kappa shape index (κ1) is 92.9. The Balaban J connectivity index is 1.36. The van der Waals surface area contributed by atoms with Crippen molar-refractivity contribution in [3.05, 3.63) is 146 Å². The molecule has 0 aliphatic carbocycles. The molecule has 0 spiro atoms. The zero-order chi connectivity index (χ0) is 74.6. The van der Waals surface area contributed by atoms with E-state index in [1.807, 2.05) is 6.08 Å². The zero-order valence-electron chi connectivity index (χ0n) is 62.7. The maximum Gasteiger partial charge on any atom is 0.220 e. The maximum absolute atomic E-state index is 13.5. The van der Waals surface area contributed by atoms with Crippen molar-refractivity contribution in [3.8, 4) is 0 Å². The average Bonchev–Trinajstić information content (AvgIpc) is 0.781. The largest absolute Gasteiger partial charge is 0.394 e. The van der Waals surface area contributed by atoms with E-state index in [1.165, 1.54) is 96.3 Å². The summed E-state index contributed by atoms with van der Waals surface area (Å²) in [5.74, 6) is -0.298. The van der Waals surface area contributed by atoms with Gasteiger partial charge < -0.3 is 89.9 Å². The molecule has 3 rings (SSSR count). The lowest BCUT2D eigenvalue weighted by molar-refractivity contribution is -0.379. The third kappa shape index (κ3) is 42.7. The Labute approximate surface area is 619 Å². The molecular formula is C84H139NO18. The quantitative estimate of drug-likeness (QED) is 0.0199. The summed E-state index contributed by atoms with van der Waals surface area (Å²) in [4.78, 5) is 13.5. The molecular weight excluding hydrogens is 1310 g/mol. The van der Waals surface area contributed by atoms with Crippen molar-refractivity contribution in [1.82, 2.24) is 5.32 Å². The molecule has 3 aliphatic heterocycles. The number of aliphatic hydroxyl groups is 11. The first-order valence-corrected chi connectivity index (χ1v) is 39.6. The van der Waals surface area contributed by atoms with Crippen molar-refractivity contribution in [2.45, 2.75) is 349 Å². The number of hydrogen-bond acceptors (Lipinski definition) is 18. The minimum absolute atomic E-state index is 0.219. The summed E-state index contributed by atoms with van der Waals surface area (Å²) in [6, 6.07) is -1.01. The van der Waals surface area contributed by atoms with Crippen molar-refractivity contribution in [1.29, 1.82) is 0 Å². The Morgan fingerprint density at radius 2 is 0.680 bits per heavy atom. The van der Waals surface area contributed by atoms with E-state index >= 15 is 0 Å². The van der Waals surface area contributed by atoms with E-state index < -0.39 is 124 Å². The zero-order valence-corrected chi connectivity index (χ0v) is 62.7. The molecule has 3 fully saturated rings. The number of allylic oxidation sites excluding steroid dienone is 23. The van der Waals surface area contributed by atoms with Crippen molar-refractivity contribution >= 4 is 5.91 Å². The number of amides is 1. The molecule has 17 atom stereocenters. The molecule has 3 heterocycles. The minimum atomic E-state index is -1.99. The van der Waals surface area contributed by atoms with Gasteiger partial charge >= 0.3 is 0 Å². The fourth-order valence-electron chi connectivity index (χ4n) is 12.3. The van der Waals surface area contributed by atoms with Gasteiger partial charge in [0.05, 0.1) is 38.6 Å². The van der Waals surface area contributed by atoms with Gasteiger partial charge in [0.25, 0.3) is 0 Å². The fourth-order valence-corrected chi connectivity index (χ4v) is 12.3. The molecule has 3 saturated heterocycles. The molecule has 0 bridgehead atoms. The SMILES string of the molecule is CC/C=C\C/C=C\C/C=C\C/C=C\C/C=C\C/C=C\C/C=C\C/C=C\C/C=C\CCCCCCCCCCCCCC(=O)NC(COC1OC(CO)C(OC2OC(CO)C(OC3OC(CO)C(O)C(O)C3O)C(O)C2O)C(O)C1O)C(O)/C=C/CC/C=C/CC/C=C/CCCCCCCCCCC. The molecule has 0 aromatic rings. The lowest BCUT2D eigenvalue weighted by Crippen LogP contribution is -2.66. The van der Waals surface area contributed by atoms with Crippen molar-refractivity contribution in [2.24, 2.45) is 0 Å². The van der Waals surface area contributed by atoms with Gasteiger partial charge in [-0.2, -0.15) is 0 Å². The number of carbonyl (C=O) groups is 1. The molecule has 17 unspecified atom stereocenters. The summed E-state index contributed by atoms with van der Waals surface area (Å²) in [6.45, 7) is 1.58. The van der Waals surface area contributed by atoms with Crippen LogP contribution >= 0.6 is 0 Å². The highest BCUT2D eigenvalue weighted by Gasteiger charge is 2.53. The first-order chi connectivity index (χ1) is 50.3. The number of hydrogen-bond donors (Lipinski definition) is 12. The van der Waals surface area contributed by atoms with E-state index in [1.54, 1.807) is 6.08 Å². The van der Waals surface area contributed by atoms with Crippen LogP contribution in [0.5, 0.6) is 0 Å². The summed E-state index contributed by atoms with van der Waals surface area (Å²) in [5.41, 5.74) is 0. The summed E-state index contributed by atoms with van der Waals surface area (Å²) >= 11 is 0. The van der Waals surface area contributed by atoms with Gasteiger partial charge in [-0.3, -0.25) is 4.79 Å². The maximum atomic E-state index is 13.5. The van der Waals surface area contributed by atoms with Crippen LogP contribution in [0.25, 0.3) is 0 Å². The molecule has 0 saturated carbocycles. The Kier molecular flexibility index (Phi) is 56.5. The van der Waals surface area contributed by atoms with Crippen molar-refractivity contribution in [2.75, 3.05) is 26.4 Å². The van der Waals surface area contributed by atoms with Gasteiger partial charge in [0.2, 0.25) is 5.91 Å². The molecule has 103 heavy (non-hydrogen) atoms. The second-order valence-corrected chi connectivity index (χ2v) is 27.4. The predicted molar refractivity (Wildman–Crippen MR) is 410 cm³/mol. The van der Waals surface area contributed by atoms with Crippen LogP contribution in [0.15, 0.2) is 146 Å². The molecule has 3 aliphatic rings. The number of rotatable bonds is 60. The van der Waals surface area contributed by atoms with E-state index in [2.05, 4.69) is 153 Å². The highest BCUT2D eigenvalue weighted by Crippen LogP contribution is 2.33. The van der Waals surface area contributed by atoms with Gasteiger partial charge in [-0.25, -0.2) is 0 Å². The first-order valence-electron chi connectivity index (χ1n) is 39.6. The smallest absolute Gasteiger partial charge is 0.220 e. The molecule has 19 heteroatoms. The summed E-state index contributed by atoms with van der Waals surface area (Å²) in [6.07, 6.45) is 64.0. The Morgan fingerprint density at radius 3 is 1.09 bits per heavy atom. The van der Waals surface area contributed by atoms with E-state index in [0.29, 0.717) is 12.8 Å². The normalized spacial score (nSPS) is 26.9. The van der Waals surface area contributed by atoms with Gasteiger partial charge in [-0.15, -0.1) is 0 Å². The molecule has 0 aromatic carbocycles. The van der Waals surface area contributed by atoms with Crippen LogP contribution in [0.1, 0.15) is 245 Å². The molecule has 0 aromatic heterocycles. The van der Waals surface area contributed by atoms with Crippen LogP contribution in [0.4, 0.5) is 0 Å². The Morgan fingerprint density at radius 1 is 0.359 bits per heavy atom. The van der Waals surface area contributed by atoms with Gasteiger partial charge in [-0.1, -0.05) is 269 Å². The van der Waals surface area contributed by atoms with Crippen LogP contribution in [-0.2, 0) is 33.2 Å².